The Morgan fingerprint density at radius 2 is 1.27 bits per heavy atom. The molecule has 2 aromatic rings. The van der Waals surface area contributed by atoms with Crippen LogP contribution in [0.4, 0.5) is 0 Å². The molecule has 40 heavy (non-hydrogen) atoms. The zero-order chi connectivity index (χ0) is 28.7. The minimum Gasteiger partial charge on any atom is -0.494 e. The van der Waals surface area contributed by atoms with Gasteiger partial charge in [0.25, 0.3) is 0 Å². The highest BCUT2D eigenvalue weighted by Crippen LogP contribution is 2.23. The molecule has 0 atom stereocenters. The standard InChI is InChI=1S/C34H37NO5/c1-2-33(36)39-27-15-12-11-14-26-38-32-23-21-30(22-24-32)29-17-19-31(20-18-29)34(37)40-28-16-10-8-6-4-3-5-7-9-13-25-35/h2,17-24H,1,7-16,26-28H2. The number of esters is 2. The SMILES string of the molecule is C=CC(=O)OCCCCCCOc1ccc(-c2ccc(C(=O)OCCCCC#CC#CCCCC#N)cc2)cc1. The van der Waals surface area contributed by atoms with Crippen molar-refractivity contribution in [2.75, 3.05) is 19.8 Å². The molecule has 0 aliphatic rings. The van der Waals surface area contributed by atoms with E-state index in [4.69, 9.17) is 19.5 Å². The van der Waals surface area contributed by atoms with E-state index < -0.39 is 0 Å². The van der Waals surface area contributed by atoms with Gasteiger partial charge in [-0.2, -0.15) is 5.26 Å². The third-order valence-electron chi connectivity index (χ3n) is 5.79. The summed E-state index contributed by atoms with van der Waals surface area (Å²) in [7, 11) is 0. The van der Waals surface area contributed by atoms with E-state index in [1.165, 1.54) is 6.08 Å². The van der Waals surface area contributed by atoms with Crippen molar-refractivity contribution in [1.82, 2.24) is 0 Å². The van der Waals surface area contributed by atoms with Gasteiger partial charge >= 0.3 is 11.9 Å². The Morgan fingerprint density at radius 3 is 1.93 bits per heavy atom. The van der Waals surface area contributed by atoms with Crippen molar-refractivity contribution < 1.29 is 23.8 Å². The van der Waals surface area contributed by atoms with Gasteiger partial charge in [0.1, 0.15) is 5.75 Å². The summed E-state index contributed by atoms with van der Waals surface area (Å²) >= 11 is 0. The van der Waals surface area contributed by atoms with Crippen molar-refractivity contribution in [1.29, 1.82) is 5.26 Å². The van der Waals surface area contributed by atoms with Crippen LogP contribution in [0.1, 0.15) is 74.6 Å². The summed E-state index contributed by atoms with van der Waals surface area (Å²) in [6, 6.07) is 17.4. The minimum atomic E-state index is -0.377. The van der Waals surface area contributed by atoms with E-state index in [0.717, 1.165) is 61.8 Å². The fourth-order valence-corrected chi connectivity index (χ4v) is 3.55. The molecule has 0 heterocycles. The van der Waals surface area contributed by atoms with Gasteiger partial charge in [0, 0.05) is 25.3 Å². The van der Waals surface area contributed by atoms with Crippen LogP contribution in [0.25, 0.3) is 11.1 Å². The van der Waals surface area contributed by atoms with Crippen LogP contribution >= 0.6 is 0 Å². The molecule has 0 aliphatic heterocycles. The first kappa shape index (κ1) is 31.7. The number of hydrogen-bond donors (Lipinski definition) is 0. The van der Waals surface area contributed by atoms with Gasteiger partial charge in [0.2, 0.25) is 0 Å². The predicted octanol–water partition coefficient (Wildman–Crippen LogP) is 7.05. The minimum absolute atomic E-state index is 0.331. The van der Waals surface area contributed by atoms with Crippen LogP contribution in [0.15, 0.2) is 61.2 Å². The average Bonchev–Trinajstić information content (AvgIpc) is 2.99. The van der Waals surface area contributed by atoms with Crippen molar-refractivity contribution >= 4 is 11.9 Å². The van der Waals surface area contributed by atoms with Gasteiger partial charge in [-0.05, 0) is 92.2 Å². The number of nitriles is 1. The van der Waals surface area contributed by atoms with Gasteiger partial charge < -0.3 is 14.2 Å². The zero-order valence-corrected chi connectivity index (χ0v) is 23.1. The number of carbonyl (C=O) groups excluding carboxylic acids is 2. The molecule has 6 heteroatoms. The molecule has 0 bridgehead atoms. The Hall–Kier alpha value is -4.47. The molecule has 0 radical (unpaired) electrons. The van der Waals surface area contributed by atoms with E-state index >= 15 is 0 Å². The second-order valence-corrected chi connectivity index (χ2v) is 8.94. The number of hydrogen-bond acceptors (Lipinski definition) is 6. The maximum Gasteiger partial charge on any atom is 0.338 e. The Morgan fingerprint density at radius 1 is 0.700 bits per heavy atom. The van der Waals surface area contributed by atoms with E-state index in [2.05, 4.69) is 36.3 Å². The highest BCUT2D eigenvalue weighted by Gasteiger charge is 2.07. The Labute approximate surface area is 238 Å². The summed E-state index contributed by atoms with van der Waals surface area (Å²) in [5, 5.41) is 8.46. The number of nitrogens with zero attached hydrogens (tertiary/aromatic N) is 1. The molecule has 6 nitrogen and oxygen atoms in total. The summed E-state index contributed by atoms with van der Waals surface area (Å²) in [6.07, 6.45) is 9.23. The number of benzene rings is 2. The molecule has 0 amide bonds. The second-order valence-electron chi connectivity index (χ2n) is 8.94. The van der Waals surface area contributed by atoms with Gasteiger partial charge in [0.15, 0.2) is 0 Å². The first-order valence-electron chi connectivity index (χ1n) is 13.8. The lowest BCUT2D eigenvalue weighted by Crippen LogP contribution is -2.06. The molecular formula is C34H37NO5. The summed E-state index contributed by atoms with van der Waals surface area (Å²) in [4.78, 5) is 23.3. The molecular weight excluding hydrogens is 502 g/mol. The van der Waals surface area contributed by atoms with Crippen molar-refractivity contribution in [3.63, 3.8) is 0 Å². The number of ether oxygens (including phenoxy) is 3. The van der Waals surface area contributed by atoms with Gasteiger partial charge in [-0.15, -0.1) is 0 Å². The lowest BCUT2D eigenvalue weighted by atomic mass is 10.0. The number of rotatable bonds is 17. The van der Waals surface area contributed by atoms with Crippen molar-refractivity contribution in [2.45, 2.75) is 64.2 Å². The summed E-state index contributed by atoms with van der Waals surface area (Å²) < 4.78 is 16.2. The maximum atomic E-state index is 12.3. The van der Waals surface area contributed by atoms with Crippen LogP contribution in [0, 0.1) is 35.0 Å². The van der Waals surface area contributed by atoms with E-state index in [-0.39, 0.29) is 11.9 Å². The van der Waals surface area contributed by atoms with E-state index in [9.17, 15) is 9.59 Å². The third-order valence-corrected chi connectivity index (χ3v) is 5.79. The lowest BCUT2D eigenvalue weighted by molar-refractivity contribution is -0.137. The van der Waals surface area contributed by atoms with Crippen LogP contribution in [-0.2, 0) is 14.3 Å². The van der Waals surface area contributed by atoms with Gasteiger partial charge in [-0.25, -0.2) is 9.59 Å². The molecule has 0 saturated carbocycles. The molecule has 0 aliphatic carbocycles. The molecule has 2 rings (SSSR count). The summed E-state index contributed by atoms with van der Waals surface area (Å²) in [6.45, 7) is 4.79. The smallest absolute Gasteiger partial charge is 0.338 e. The molecule has 0 aromatic heterocycles. The number of carbonyl (C=O) groups is 2. The highest BCUT2D eigenvalue weighted by molar-refractivity contribution is 5.90. The fraction of sp³-hybridized carbons (Fsp3) is 0.382. The molecule has 0 fully saturated rings. The Balaban J connectivity index is 1.62. The van der Waals surface area contributed by atoms with Crippen LogP contribution in [0.5, 0.6) is 5.75 Å². The maximum absolute atomic E-state index is 12.3. The highest BCUT2D eigenvalue weighted by atomic mass is 16.5. The molecule has 0 spiro atoms. The molecule has 0 N–H and O–H groups in total. The molecule has 2 aromatic carbocycles. The molecule has 208 valence electrons. The first-order valence-corrected chi connectivity index (χ1v) is 13.8. The largest absolute Gasteiger partial charge is 0.494 e. The van der Waals surface area contributed by atoms with E-state index in [1.54, 1.807) is 12.1 Å². The summed E-state index contributed by atoms with van der Waals surface area (Å²) in [5.41, 5.74) is 2.57. The third kappa shape index (κ3) is 13.9. The van der Waals surface area contributed by atoms with E-state index in [1.807, 2.05) is 36.4 Å². The molecule has 0 unspecified atom stereocenters. The van der Waals surface area contributed by atoms with Crippen LogP contribution in [0.3, 0.4) is 0 Å². The van der Waals surface area contributed by atoms with Crippen LogP contribution < -0.4 is 4.74 Å². The van der Waals surface area contributed by atoms with Crippen molar-refractivity contribution in [2.24, 2.45) is 0 Å². The predicted molar refractivity (Wildman–Crippen MR) is 156 cm³/mol. The average molecular weight is 540 g/mol. The second kappa shape index (κ2) is 20.5. The van der Waals surface area contributed by atoms with Gasteiger partial charge in [-0.3, -0.25) is 0 Å². The lowest BCUT2D eigenvalue weighted by Gasteiger charge is -2.08. The summed E-state index contributed by atoms with van der Waals surface area (Å²) in [5.74, 6) is 11.6. The quantitative estimate of drug-likeness (QED) is 0.0927. The first-order chi connectivity index (χ1) is 19.6. The van der Waals surface area contributed by atoms with Crippen LogP contribution in [-0.4, -0.2) is 31.8 Å². The normalized spacial score (nSPS) is 9.68. The van der Waals surface area contributed by atoms with Crippen molar-refractivity contribution in [3.05, 3.63) is 66.7 Å². The zero-order valence-electron chi connectivity index (χ0n) is 23.1. The van der Waals surface area contributed by atoms with Gasteiger partial charge in [-0.1, -0.05) is 42.7 Å². The van der Waals surface area contributed by atoms with E-state index in [0.29, 0.717) is 44.6 Å². The van der Waals surface area contributed by atoms with Gasteiger partial charge in [0.05, 0.1) is 31.5 Å². The van der Waals surface area contributed by atoms with Crippen LogP contribution in [0.2, 0.25) is 0 Å². The fourth-order valence-electron chi connectivity index (χ4n) is 3.55. The monoisotopic (exact) mass is 539 g/mol. The topological polar surface area (TPSA) is 85.6 Å². The van der Waals surface area contributed by atoms with Crippen molar-refractivity contribution in [3.8, 4) is 46.6 Å². The number of unbranched alkanes of at least 4 members (excludes halogenated alkanes) is 7. The molecule has 0 saturated heterocycles. The Kier molecular flexibility index (Phi) is 16.3. The Bertz CT molecular complexity index is 1220.